The summed E-state index contributed by atoms with van der Waals surface area (Å²) in [6.45, 7) is 6.43. The fourth-order valence-electron chi connectivity index (χ4n) is 2.35. The van der Waals surface area contributed by atoms with Crippen LogP contribution in [0.4, 0.5) is 5.69 Å². The van der Waals surface area contributed by atoms with Gasteiger partial charge in [-0.15, -0.1) is 11.3 Å². The molecule has 1 N–H and O–H groups in total. The Labute approximate surface area is 134 Å². The van der Waals surface area contributed by atoms with Crippen molar-refractivity contribution in [2.24, 2.45) is 0 Å². The fraction of sp³-hybridized carbons (Fsp3) is 0.294. The van der Waals surface area contributed by atoms with Gasteiger partial charge in [-0.2, -0.15) is 0 Å². The molecule has 0 aliphatic carbocycles. The molecular formula is C17H20N2O2S. The van der Waals surface area contributed by atoms with Crippen molar-refractivity contribution in [1.82, 2.24) is 5.32 Å². The van der Waals surface area contributed by atoms with Crippen molar-refractivity contribution in [3.05, 3.63) is 51.7 Å². The summed E-state index contributed by atoms with van der Waals surface area (Å²) >= 11 is 1.40. The topological polar surface area (TPSA) is 49.4 Å². The minimum absolute atomic E-state index is 0.0321. The van der Waals surface area contributed by atoms with Gasteiger partial charge < -0.3 is 10.2 Å². The summed E-state index contributed by atoms with van der Waals surface area (Å²) in [5, 5.41) is 4.71. The number of rotatable bonds is 5. The molecule has 0 aliphatic heterocycles. The third-order valence-electron chi connectivity index (χ3n) is 3.26. The Morgan fingerprint density at radius 2 is 1.86 bits per heavy atom. The molecule has 4 nitrogen and oxygen atoms in total. The number of benzene rings is 1. The van der Waals surface area contributed by atoms with E-state index in [1.54, 1.807) is 17.9 Å². The Hall–Kier alpha value is -2.14. The van der Waals surface area contributed by atoms with Gasteiger partial charge in [0.25, 0.3) is 5.91 Å². The molecule has 2 aromatic rings. The minimum Gasteiger partial charge on any atom is -0.350 e. The lowest BCUT2D eigenvalue weighted by Gasteiger charge is -2.22. The van der Waals surface area contributed by atoms with Crippen molar-refractivity contribution >= 4 is 28.8 Å². The van der Waals surface area contributed by atoms with Crippen LogP contribution in [0.15, 0.2) is 35.7 Å². The average molecular weight is 316 g/mol. The molecule has 1 aromatic carbocycles. The molecule has 0 radical (unpaired) electrons. The molecule has 1 aromatic heterocycles. The van der Waals surface area contributed by atoms with Gasteiger partial charge >= 0.3 is 0 Å². The highest BCUT2D eigenvalue weighted by molar-refractivity contribution is 7.12. The Morgan fingerprint density at radius 1 is 1.18 bits per heavy atom. The number of carbonyl (C=O) groups excluding carboxylic acids is 2. The third-order valence-corrected chi connectivity index (χ3v) is 4.13. The van der Waals surface area contributed by atoms with Crippen molar-refractivity contribution in [2.75, 3.05) is 18.0 Å². The van der Waals surface area contributed by atoms with Crippen LogP contribution in [0, 0.1) is 13.8 Å². The molecule has 116 valence electrons. The van der Waals surface area contributed by atoms with Gasteiger partial charge in [0.2, 0.25) is 5.91 Å². The molecule has 0 aliphatic rings. The maximum absolute atomic E-state index is 11.9. The monoisotopic (exact) mass is 316 g/mol. The Kier molecular flexibility index (Phi) is 5.33. The second kappa shape index (κ2) is 7.22. The van der Waals surface area contributed by atoms with Gasteiger partial charge in [-0.05, 0) is 48.6 Å². The van der Waals surface area contributed by atoms with Crippen LogP contribution in [0.25, 0.3) is 0 Å². The number of nitrogens with one attached hydrogen (secondary N) is 1. The molecule has 22 heavy (non-hydrogen) atoms. The first-order valence-corrected chi connectivity index (χ1v) is 8.03. The number of carbonyl (C=O) groups is 2. The van der Waals surface area contributed by atoms with E-state index in [1.165, 1.54) is 11.3 Å². The Bertz CT molecular complexity index is 645. The van der Waals surface area contributed by atoms with Crippen LogP contribution in [-0.4, -0.2) is 24.9 Å². The summed E-state index contributed by atoms with van der Waals surface area (Å²) in [6, 6.07) is 9.66. The van der Waals surface area contributed by atoms with Crippen LogP contribution in [0.3, 0.4) is 0 Å². The highest BCUT2D eigenvalue weighted by atomic mass is 32.1. The van der Waals surface area contributed by atoms with Crippen LogP contribution >= 0.6 is 11.3 Å². The number of nitrogens with zero attached hydrogens (tertiary/aromatic N) is 1. The van der Waals surface area contributed by atoms with Crippen molar-refractivity contribution in [3.63, 3.8) is 0 Å². The molecule has 0 spiro atoms. The lowest BCUT2D eigenvalue weighted by atomic mass is 10.1. The van der Waals surface area contributed by atoms with Crippen LogP contribution in [0.1, 0.15) is 27.7 Å². The Morgan fingerprint density at radius 3 is 2.41 bits per heavy atom. The minimum atomic E-state index is -0.0982. The van der Waals surface area contributed by atoms with Crippen LogP contribution in [-0.2, 0) is 4.79 Å². The van der Waals surface area contributed by atoms with E-state index >= 15 is 0 Å². The molecule has 2 rings (SSSR count). The van der Waals surface area contributed by atoms with Crippen LogP contribution < -0.4 is 10.2 Å². The van der Waals surface area contributed by atoms with Crippen molar-refractivity contribution in [1.29, 1.82) is 0 Å². The first-order chi connectivity index (χ1) is 10.5. The van der Waals surface area contributed by atoms with Gasteiger partial charge in [-0.25, -0.2) is 0 Å². The highest BCUT2D eigenvalue weighted by Gasteiger charge is 2.13. The SMILES string of the molecule is CC(=O)N(CCNC(=O)c1cccs1)c1cc(C)cc(C)c1. The number of aryl methyl sites for hydroxylation is 2. The molecule has 0 saturated carbocycles. The largest absolute Gasteiger partial charge is 0.350 e. The maximum atomic E-state index is 11.9. The smallest absolute Gasteiger partial charge is 0.261 e. The first kappa shape index (κ1) is 16.2. The van der Waals surface area contributed by atoms with Crippen LogP contribution in [0.5, 0.6) is 0 Å². The van der Waals surface area contributed by atoms with Gasteiger partial charge in [-0.1, -0.05) is 12.1 Å². The summed E-state index contributed by atoms with van der Waals surface area (Å²) in [7, 11) is 0. The molecule has 2 amide bonds. The lowest BCUT2D eigenvalue weighted by Crippen LogP contribution is -2.37. The molecule has 0 saturated heterocycles. The highest BCUT2D eigenvalue weighted by Crippen LogP contribution is 2.18. The summed E-state index contributed by atoms with van der Waals surface area (Å²) < 4.78 is 0. The van der Waals surface area contributed by atoms with Gasteiger partial charge in [0.15, 0.2) is 0 Å². The van der Waals surface area contributed by atoms with Gasteiger partial charge in [-0.3, -0.25) is 9.59 Å². The van der Waals surface area contributed by atoms with Crippen molar-refractivity contribution < 1.29 is 9.59 Å². The number of hydrogen-bond donors (Lipinski definition) is 1. The van der Waals surface area contributed by atoms with Crippen LogP contribution in [0.2, 0.25) is 0 Å². The lowest BCUT2D eigenvalue weighted by molar-refractivity contribution is -0.116. The fourth-order valence-corrected chi connectivity index (χ4v) is 2.99. The quantitative estimate of drug-likeness (QED) is 0.921. The van der Waals surface area contributed by atoms with Crippen molar-refractivity contribution in [3.8, 4) is 0 Å². The zero-order chi connectivity index (χ0) is 16.1. The molecule has 0 atom stereocenters. The molecule has 1 heterocycles. The van der Waals surface area contributed by atoms with E-state index in [-0.39, 0.29) is 11.8 Å². The molecule has 5 heteroatoms. The number of anilines is 1. The van der Waals surface area contributed by atoms with Gasteiger partial charge in [0.1, 0.15) is 0 Å². The normalized spacial score (nSPS) is 10.3. The maximum Gasteiger partial charge on any atom is 0.261 e. The molecule has 0 bridgehead atoms. The van der Waals surface area contributed by atoms with Gasteiger partial charge in [0.05, 0.1) is 4.88 Å². The van der Waals surface area contributed by atoms with E-state index in [4.69, 9.17) is 0 Å². The van der Waals surface area contributed by atoms with Gasteiger partial charge in [0, 0.05) is 25.7 Å². The predicted octanol–water partition coefficient (Wildman–Crippen LogP) is 3.15. The first-order valence-electron chi connectivity index (χ1n) is 7.15. The van der Waals surface area contributed by atoms with E-state index in [0.717, 1.165) is 16.8 Å². The third kappa shape index (κ3) is 4.18. The molecular weight excluding hydrogens is 296 g/mol. The Balaban J connectivity index is 2.00. The van der Waals surface area contributed by atoms with E-state index in [0.29, 0.717) is 18.0 Å². The zero-order valence-corrected chi connectivity index (χ0v) is 13.9. The summed E-state index contributed by atoms with van der Waals surface area (Å²) in [4.78, 5) is 26.2. The second-order valence-corrected chi connectivity index (χ2v) is 6.20. The number of thiophene rings is 1. The summed E-state index contributed by atoms with van der Waals surface area (Å²) in [6.07, 6.45) is 0. The zero-order valence-electron chi connectivity index (χ0n) is 13.1. The van der Waals surface area contributed by atoms with E-state index in [9.17, 15) is 9.59 Å². The van der Waals surface area contributed by atoms with E-state index < -0.39 is 0 Å². The average Bonchev–Trinajstić information content (AvgIpc) is 2.95. The summed E-state index contributed by atoms with van der Waals surface area (Å²) in [5.41, 5.74) is 3.10. The molecule has 0 fully saturated rings. The van der Waals surface area contributed by atoms with E-state index in [1.807, 2.05) is 37.4 Å². The van der Waals surface area contributed by atoms with E-state index in [2.05, 4.69) is 11.4 Å². The summed E-state index contributed by atoms with van der Waals surface area (Å²) in [5.74, 6) is -0.130. The predicted molar refractivity (Wildman–Crippen MR) is 90.6 cm³/mol. The van der Waals surface area contributed by atoms with Crippen molar-refractivity contribution in [2.45, 2.75) is 20.8 Å². The number of amides is 2. The number of hydrogen-bond acceptors (Lipinski definition) is 3. The second-order valence-electron chi connectivity index (χ2n) is 5.25. The standard InChI is InChI=1S/C17H20N2O2S/c1-12-9-13(2)11-15(10-12)19(14(3)20)7-6-18-17(21)16-5-4-8-22-16/h4-5,8-11H,6-7H2,1-3H3,(H,18,21). The molecule has 0 unspecified atom stereocenters.